The predicted octanol–water partition coefficient (Wildman–Crippen LogP) is 3.58. The molecule has 0 saturated carbocycles. The Bertz CT molecular complexity index is 575. The smallest absolute Gasteiger partial charge is 0.422 e. The van der Waals surface area contributed by atoms with Crippen LogP contribution in [0.4, 0.5) is 13.2 Å². The third kappa shape index (κ3) is 4.90. The number of hydrogen-bond acceptors (Lipinski definition) is 5. The minimum Gasteiger partial charge on any atom is -0.494 e. The molecule has 1 aromatic rings. The summed E-state index contributed by atoms with van der Waals surface area (Å²) in [6, 6.07) is 1.38. The van der Waals surface area contributed by atoms with Gasteiger partial charge in [-0.2, -0.15) is 13.2 Å². The number of halogens is 4. The molecule has 1 aromatic heterocycles. The summed E-state index contributed by atoms with van der Waals surface area (Å²) >= 11 is 3.04. The monoisotopic (exact) mass is 383 g/mol. The van der Waals surface area contributed by atoms with E-state index in [2.05, 4.69) is 37.0 Å². The molecule has 0 fully saturated rings. The highest BCUT2D eigenvalue weighted by Crippen LogP contribution is 2.31. The fourth-order valence-electron chi connectivity index (χ4n) is 1.52. The van der Waals surface area contributed by atoms with Crippen LogP contribution in [0.5, 0.6) is 5.88 Å². The van der Waals surface area contributed by atoms with Gasteiger partial charge in [0.1, 0.15) is 15.9 Å². The number of rotatable bonds is 6. The molecule has 122 valence electrons. The number of ether oxygens (including phenoxy) is 3. The quantitative estimate of drug-likeness (QED) is 0.426. The molecule has 1 rings (SSSR count). The number of methoxy groups -OCH3 is 1. The Balaban J connectivity index is 3.34. The average Bonchev–Trinajstić information content (AvgIpc) is 2.43. The molecule has 5 nitrogen and oxygen atoms in total. The van der Waals surface area contributed by atoms with E-state index < -0.39 is 24.6 Å². The van der Waals surface area contributed by atoms with Crippen LogP contribution in [-0.4, -0.2) is 37.5 Å². The summed E-state index contributed by atoms with van der Waals surface area (Å²) in [5, 5.41) is 0. The standard InChI is InChI=1S/C13H13BrF3NO4/c1-4-21-7(2)8-5-9(14)18-11(10(8)12(19)20-3)22-6-13(15,16)17/h5H,2,4,6H2,1,3H3. The fraction of sp³-hybridized carbons (Fsp3) is 0.385. The topological polar surface area (TPSA) is 57.7 Å². The SMILES string of the molecule is C=C(OCC)c1cc(Br)nc(OCC(F)(F)F)c1C(=O)OC. The number of nitrogens with zero attached hydrogens (tertiary/aromatic N) is 1. The van der Waals surface area contributed by atoms with Crippen LogP contribution in [0.15, 0.2) is 17.2 Å². The number of hydrogen-bond donors (Lipinski definition) is 0. The molecule has 0 bridgehead atoms. The van der Waals surface area contributed by atoms with Crippen molar-refractivity contribution in [1.29, 1.82) is 0 Å². The molecule has 22 heavy (non-hydrogen) atoms. The van der Waals surface area contributed by atoms with Crippen molar-refractivity contribution in [2.75, 3.05) is 20.3 Å². The Kier molecular flexibility index (Phi) is 6.21. The molecule has 0 saturated heterocycles. The Hall–Kier alpha value is -1.77. The van der Waals surface area contributed by atoms with Crippen LogP contribution in [0.3, 0.4) is 0 Å². The van der Waals surface area contributed by atoms with Crippen molar-refractivity contribution >= 4 is 27.7 Å². The second-order valence-corrected chi connectivity index (χ2v) is 4.74. The Morgan fingerprint density at radius 2 is 2.09 bits per heavy atom. The summed E-state index contributed by atoms with van der Waals surface area (Å²) in [6.45, 7) is 3.99. The second kappa shape index (κ2) is 7.48. The van der Waals surface area contributed by atoms with Crippen molar-refractivity contribution in [3.8, 4) is 5.88 Å². The highest BCUT2D eigenvalue weighted by atomic mass is 79.9. The van der Waals surface area contributed by atoms with Gasteiger partial charge in [0, 0.05) is 5.56 Å². The molecule has 0 aliphatic rings. The van der Waals surface area contributed by atoms with Gasteiger partial charge in [-0.05, 0) is 28.9 Å². The first-order chi connectivity index (χ1) is 10.2. The summed E-state index contributed by atoms with van der Waals surface area (Å²) in [4.78, 5) is 15.6. The molecule has 0 unspecified atom stereocenters. The maximum atomic E-state index is 12.3. The number of pyridine rings is 1. The molecule has 1 heterocycles. The van der Waals surface area contributed by atoms with E-state index in [0.717, 1.165) is 7.11 Å². The molecular weight excluding hydrogens is 371 g/mol. The number of esters is 1. The van der Waals surface area contributed by atoms with Crippen LogP contribution in [0, 0.1) is 0 Å². The first kappa shape index (κ1) is 18.3. The van der Waals surface area contributed by atoms with Crippen molar-refractivity contribution < 1.29 is 32.2 Å². The summed E-state index contributed by atoms with van der Waals surface area (Å²) < 4.78 is 51.5. The van der Waals surface area contributed by atoms with Crippen LogP contribution >= 0.6 is 15.9 Å². The summed E-state index contributed by atoms with van der Waals surface area (Å²) in [5.41, 5.74) is -0.152. The highest BCUT2D eigenvalue weighted by Gasteiger charge is 2.31. The van der Waals surface area contributed by atoms with Gasteiger partial charge in [-0.25, -0.2) is 9.78 Å². The molecule has 0 atom stereocenters. The molecule has 0 amide bonds. The van der Waals surface area contributed by atoms with Gasteiger partial charge in [-0.3, -0.25) is 0 Å². The number of carbonyl (C=O) groups excluding carboxylic acids is 1. The minimum atomic E-state index is -4.57. The number of carbonyl (C=O) groups is 1. The Morgan fingerprint density at radius 1 is 1.45 bits per heavy atom. The van der Waals surface area contributed by atoms with E-state index in [9.17, 15) is 18.0 Å². The van der Waals surface area contributed by atoms with Crippen LogP contribution in [0.25, 0.3) is 5.76 Å². The maximum Gasteiger partial charge on any atom is 0.422 e. The Morgan fingerprint density at radius 3 is 2.59 bits per heavy atom. The minimum absolute atomic E-state index is 0.0860. The molecule has 0 aliphatic carbocycles. The van der Waals surface area contributed by atoms with Crippen molar-refractivity contribution in [3.63, 3.8) is 0 Å². The largest absolute Gasteiger partial charge is 0.494 e. The molecule has 0 radical (unpaired) electrons. The van der Waals surface area contributed by atoms with Gasteiger partial charge in [-0.1, -0.05) is 6.58 Å². The molecule has 0 aliphatic heterocycles. The van der Waals surface area contributed by atoms with E-state index in [-0.39, 0.29) is 28.1 Å². The van der Waals surface area contributed by atoms with E-state index in [1.807, 2.05) is 0 Å². The first-order valence-electron chi connectivity index (χ1n) is 6.00. The van der Waals surface area contributed by atoms with Crippen molar-refractivity contribution in [1.82, 2.24) is 4.98 Å². The van der Waals surface area contributed by atoms with E-state index in [1.54, 1.807) is 6.92 Å². The average molecular weight is 384 g/mol. The van der Waals surface area contributed by atoms with E-state index in [0.29, 0.717) is 0 Å². The van der Waals surface area contributed by atoms with E-state index >= 15 is 0 Å². The summed E-state index contributed by atoms with van der Waals surface area (Å²) in [6.07, 6.45) is -4.57. The summed E-state index contributed by atoms with van der Waals surface area (Å²) in [7, 11) is 1.09. The lowest BCUT2D eigenvalue weighted by Crippen LogP contribution is -2.21. The van der Waals surface area contributed by atoms with Gasteiger partial charge in [0.15, 0.2) is 6.61 Å². The van der Waals surface area contributed by atoms with Gasteiger partial charge in [0.25, 0.3) is 0 Å². The zero-order valence-corrected chi connectivity index (χ0v) is 13.4. The van der Waals surface area contributed by atoms with Gasteiger partial charge in [0.05, 0.1) is 13.7 Å². The zero-order chi connectivity index (χ0) is 16.9. The lowest BCUT2D eigenvalue weighted by Gasteiger charge is -2.16. The van der Waals surface area contributed by atoms with E-state index in [1.165, 1.54) is 6.07 Å². The van der Waals surface area contributed by atoms with Crippen LogP contribution < -0.4 is 4.74 Å². The fourth-order valence-corrected chi connectivity index (χ4v) is 1.91. The van der Waals surface area contributed by atoms with Crippen LogP contribution in [0.2, 0.25) is 0 Å². The zero-order valence-electron chi connectivity index (χ0n) is 11.8. The maximum absolute atomic E-state index is 12.3. The third-order valence-electron chi connectivity index (χ3n) is 2.34. The lowest BCUT2D eigenvalue weighted by atomic mass is 10.1. The first-order valence-corrected chi connectivity index (χ1v) is 6.79. The van der Waals surface area contributed by atoms with Crippen molar-refractivity contribution in [3.05, 3.63) is 28.4 Å². The summed E-state index contributed by atoms with van der Waals surface area (Å²) in [5.74, 6) is -1.34. The van der Waals surface area contributed by atoms with Crippen LogP contribution in [0.1, 0.15) is 22.8 Å². The number of alkyl halides is 3. The van der Waals surface area contributed by atoms with Gasteiger partial charge >= 0.3 is 12.1 Å². The Labute approximate surface area is 133 Å². The van der Waals surface area contributed by atoms with Crippen LogP contribution in [-0.2, 0) is 9.47 Å². The highest BCUT2D eigenvalue weighted by molar-refractivity contribution is 9.10. The third-order valence-corrected chi connectivity index (χ3v) is 2.74. The van der Waals surface area contributed by atoms with Crippen molar-refractivity contribution in [2.45, 2.75) is 13.1 Å². The molecule has 0 N–H and O–H groups in total. The molecule has 9 heteroatoms. The molecular formula is C13H13BrF3NO4. The molecule has 0 aromatic carbocycles. The second-order valence-electron chi connectivity index (χ2n) is 3.92. The number of aromatic nitrogens is 1. The van der Waals surface area contributed by atoms with Gasteiger partial charge < -0.3 is 14.2 Å². The lowest BCUT2D eigenvalue weighted by molar-refractivity contribution is -0.154. The predicted molar refractivity (Wildman–Crippen MR) is 75.5 cm³/mol. The van der Waals surface area contributed by atoms with Gasteiger partial charge in [0.2, 0.25) is 5.88 Å². The molecule has 0 spiro atoms. The van der Waals surface area contributed by atoms with Gasteiger partial charge in [-0.15, -0.1) is 0 Å². The van der Waals surface area contributed by atoms with Crippen molar-refractivity contribution in [2.24, 2.45) is 0 Å². The van der Waals surface area contributed by atoms with E-state index in [4.69, 9.17) is 4.74 Å². The normalized spacial score (nSPS) is 11.0.